The lowest BCUT2D eigenvalue weighted by Gasteiger charge is -2.42. The van der Waals surface area contributed by atoms with Crippen molar-refractivity contribution in [2.45, 2.75) is 44.9 Å². The highest BCUT2D eigenvalue weighted by Gasteiger charge is 2.35. The first-order valence-electron chi connectivity index (χ1n) is 7.25. The van der Waals surface area contributed by atoms with Crippen molar-refractivity contribution in [1.29, 1.82) is 0 Å². The van der Waals surface area contributed by atoms with E-state index < -0.39 is 0 Å². The van der Waals surface area contributed by atoms with Gasteiger partial charge in [-0.1, -0.05) is 43.7 Å². The third kappa shape index (κ3) is 2.06. The zero-order chi connectivity index (χ0) is 12.5. The molecule has 0 spiro atoms. The number of allylic oxidation sites excluding steroid dienone is 1. The summed E-state index contributed by atoms with van der Waals surface area (Å²) in [6, 6.07) is 9.15. The molecule has 0 heterocycles. The van der Waals surface area contributed by atoms with Crippen molar-refractivity contribution in [3.63, 3.8) is 0 Å². The summed E-state index contributed by atoms with van der Waals surface area (Å²) in [5, 5.41) is 0. The van der Waals surface area contributed by atoms with E-state index in [-0.39, 0.29) is 0 Å². The number of rotatable bonds is 2. The molecule has 94 valence electrons. The maximum atomic E-state index is 3.72. The van der Waals surface area contributed by atoms with Crippen LogP contribution in [-0.2, 0) is 0 Å². The van der Waals surface area contributed by atoms with Crippen LogP contribution in [0.25, 0.3) is 5.57 Å². The SMILES string of the molecule is C=C=C(C)c1ccc(C2CC3CCC2CC3)cc1. The normalized spacial score (nSPS) is 29.9. The number of benzene rings is 1. The van der Waals surface area contributed by atoms with Gasteiger partial charge in [0.15, 0.2) is 0 Å². The van der Waals surface area contributed by atoms with Crippen LogP contribution in [0.5, 0.6) is 0 Å². The van der Waals surface area contributed by atoms with Crippen molar-refractivity contribution in [3.05, 3.63) is 47.7 Å². The quantitative estimate of drug-likeness (QED) is 0.624. The van der Waals surface area contributed by atoms with Crippen molar-refractivity contribution in [1.82, 2.24) is 0 Å². The molecule has 0 radical (unpaired) electrons. The summed E-state index contributed by atoms with van der Waals surface area (Å²) in [7, 11) is 0. The minimum Gasteiger partial charge on any atom is -0.125 e. The van der Waals surface area contributed by atoms with E-state index in [2.05, 4.69) is 43.5 Å². The van der Waals surface area contributed by atoms with E-state index in [1.807, 2.05) is 0 Å². The predicted molar refractivity (Wildman–Crippen MR) is 77.5 cm³/mol. The van der Waals surface area contributed by atoms with E-state index in [1.165, 1.54) is 37.7 Å². The smallest absolute Gasteiger partial charge is 0.00252 e. The van der Waals surface area contributed by atoms with Crippen molar-refractivity contribution in [3.8, 4) is 0 Å². The van der Waals surface area contributed by atoms with Crippen molar-refractivity contribution < 1.29 is 0 Å². The van der Waals surface area contributed by atoms with Gasteiger partial charge in [-0.3, -0.25) is 0 Å². The molecule has 0 N–H and O–H groups in total. The molecule has 0 aromatic heterocycles. The topological polar surface area (TPSA) is 0 Å². The van der Waals surface area contributed by atoms with Gasteiger partial charge in [0.05, 0.1) is 0 Å². The Bertz CT molecular complexity index is 465. The first-order chi connectivity index (χ1) is 8.78. The lowest BCUT2D eigenvalue weighted by molar-refractivity contribution is 0.145. The highest BCUT2D eigenvalue weighted by atomic mass is 14.4. The average Bonchev–Trinajstić information content (AvgIpc) is 2.48. The van der Waals surface area contributed by atoms with Crippen molar-refractivity contribution >= 4 is 5.57 Å². The van der Waals surface area contributed by atoms with Crippen LogP contribution in [0.15, 0.2) is 36.6 Å². The molecule has 0 nitrogen and oxygen atoms in total. The fourth-order valence-corrected chi connectivity index (χ4v) is 3.87. The van der Waals surface area contributed by atoms with Crippen LogP contribution < -0.4 is 0 Å². The van der Waals surface area contributed by atoms with Crippen LogP contribution in [0.3, 0.4) is 0 Å². The van der Waals surface area contributed by atoms with Gasteiger partial charge >= 0.3 is 0 Å². The molecule has 3 saturated carbocycles. The molecule has 3 aliphatic rings. The minimum atomic E-state index is 0.833. The second-order valence-corrected chi connectivity index (χ2v) is 6.05. The summed E-state index contributed by atoms with van der Waals surface area (Å²) in [5.41, 5.74) is 6.94. The van der Waals surface area contributed by atoms with Crippen molar-refractivity contribution in [2.75, 3.05) is 0 Å². The highest BCUT2D eigenvalue weighted by Crippen LogP contribution is 2.49. The van der Waals surface area contributed by atoms with Gasteiger partial charge in [0.1, 0.15) is 0 Å². The third-order valence-corrected chi connectivity index (χ3v) is 5.08. The Balaban J connectivity index is 1.83. The zero-order valence-corrected chi connectivity index (χ0v) is 11.3. The monoisotopic (exact) mass is 238 g/mol. The summed E-state index contributed by atoms with van der Waals surface area (Å²) in [4.78, 5) is 0. The predicted octanol–water partition coefficient (Wildman–Crippen LogP) is 5.17. The van der Waals surface area contributed by atoms with Gasteiger partial charge in [-0.25, -0.2) is 0 Å². The molecule has 0 amide bonds. The Labute approximate surface area is 110 Å². The molecule has 1 aromatic rings. The highest BCUT2D eigenvalue weighted by molar-refractivity contribution is 5.62. The van der Waals surface area contributed by atoms with E-state index >= 15 is 0 Å². The van der Waals surface area contributed by atoms with Gasteiger partial charge in [-0.2, -0.15) is 0 Å². The van der Waals surface area contributed by atoms with Crippen LogP contribution >= 0.6 is 0 Å². The largest absolute Gasteiger partial charge is 0.125 e. The van der Waals surface area contributed by atoms with E-state index in [4.69, 9.17) is 0 Å². The Morgan fingerprint density at radius 3 is 2.28 bits per heavy atom. The van der Waals surface area contributed by atoms with E-state index in [0.717, 1.165) is 23.3 Å². The Morgan fingerprint density at radius 2 is 1.78 bits per heavy atom. The fourth-order valence-electron chi connectivity index (χ4n) is 3.87. The van der Waals surface area contributed by atoms with Crippen LogP contribution in [0, 0.1) is 11.8 Å². The third-order valence-electron chi connectivity index (χ3n) is 5.08. The van der Waals surface area contributed by atoms with Crippen LogP contribution in [0.1, 0.15) is 56.1 Å². The summed E-state index contributed by atoms with van der Waals surface area (Å²) in [6.07, 6.45) is 7.32. The van der Waals surface area contributed by atoms with Crippen LogP contribution in [0.4, 0.5) is 0 Å². The van der Waals surface area contributed by atoms with Crippen LogP contribution in [0.2, 0.25) is 0 Å². The zero-order valence-electron chi connectivity index (χ0n) is 11.3. The number of hydrogen-bond donors (Lipinski definition) is 0. The first kappa shape index (κ1) is 11.8. The molecule has 2 bridgehead atoms. The maximum absolute atomic E-state index is 3.72. The second-order valence-electron chi connectivity index (χ2n) is 6.05. The van der Waals surface area contributed by atoms with Gasteiger partial charge in [0.2, 0.25) is 0 Å². The fraction of sp³-hybridized carbons (Fsp3) is 0.500. The molecule has 0 aliphatic heterocycles. The van der Waals surface area contributed by atoms with Crippen LogP contribution in [-0.4, -0.2) is 0 Å². The lowest BCUT2D eigenvalue weighted by Crippen LogP contribution is -2.29. The Hall–Kier alpha value is -1.26. The molecule has 4 rings (SSSR count). The Morgan fingerprint density at radius 1 is 1.11 bits per heavy atom. The summed E-state index contributed by atoms with van der Waals surface area (Å²) in [6.45, 7) is 5.79. The molecule has 1 unspecified atom stereocenters. The summed E-state index contributed by atoms with van der Waals surface area (Å²) < 4.78 is 0. The van der Waals surface area contributed by atoms with Crippen molar-refractivity contribution in [2.24, 2.45) is 11.8 Å². The summed E-state index contributed by atoms with van der Waals surface area (Å²) in [5.74, 6) is 2.80. The number of hydrogen-bond acceptors (Lipinski definition) is 0. The van der Waals surface area contributed by atoms with E-state index in [0.29, 0.717) is 0 Å². The lowest BCUT2D eigenvalue weighted by atomic mass is 9.63. The molecule has 0 heteroatoms. The van der Waals surface area contributed by atoms with Gasteiger partial charge in [-0.15, -0.1) is 5.73 Å². The van der Waals surface area contributed by atoms with Gasteiger partial charge in [0.25, 0.3) is 0 Å². The summed E-state index contributed by atoms with van der Waals surface area (Å²) >= 11 is 0. The first-order valence-corrected chi connectivity index (χ1v) is 7.25. The molecule has 3 aliphatic carbocycles. The molecule has 18 heavy (non-hydrogen) atoms. The molecule has 3 fully saturated rings. The van der Waals surface area contributed by atoms with E-state index in [1.54, 1.807) is 5.56 Å². The standard InChI is InChI=1S/C18H22/c1-3-13(2)15-8-10-17(11-9-15)18-12-14-4-6-16(18)7-5-14/h8-11,14,16,18H,1,4-7,12H2,2H3. The Kier molecular flexibility index (Phi) is 3.14. The molecular weight excluding hydrogens is 216 g/mol. The van der Waals surface area contributed by atoms with E-state index in [9.17, 15) is 0 Å². The second kappa shape index (κ2) is 4.78. The average molecular weight is 238 g/mol. The minimum absolute atomic E-state index is 0.833. The van der Waals surface area contributed by atoms with Gasteiger partial charge in [-0.05, 0) is 60.6 Å². The number of fused-ring (bicyclic) bond motifs is 3. The van der Waals surface area contributed by atoms with Gasteiger partial charge in [0, 0.05) is 0 Å². The molecule has 1 aromatic carbocycles. The van der Waals surface area contributed by atoms with Gasteiger partial charge < -0.3 is 0 Å². The molecule has 1 atom stereocenters. The maximum Gasteiger partial charge on any atom is -0.00252 e. The molecular formula is C18H22. The molecule has 0 saturated heterocycles.